The minimum absolute atomic E-state index is 0.0654. The summed E-state index contributed by atoms with van der Waals surface area (Å²) in [5, 5.41) is 6.19. The van der Waals surface area contributed by atoms with Crippen LogP contribution in [0, 0.1) is 0 Å². The van der Waals surface area contributed by atoms with Crippen molar-refractivity contribution in [2.45, 2.75) is 63.6 Å². The van der Waals surface area contributed by atoms with Crippen molar-refractivity contribution < 1.29 is 4.79 Å². The first-order chi connectivity index (χ1) is 14.3. The van der Waals surface area contributed by atoms with E-state index in [0.29, 0.717) is 6.54 Å². The average Bonchev–Trinajstić information content (AvgIpc) is 2.80. The molecule has 0 radical (unpaired) electrons. The van der Waals surface area contributed by atoms with Gasteiger partial charge in [-0.15, -0.1) is 0 Å². The lowest BCUT2D eigenvalue weighted by atomic mass is 9.92. The Balaban J connectivity index is 1.22. The van der Waals surface area contributed by atoms with Gasteiger partial charge in [0, 0.05) is 43.5 Å². The van der Waals surface area contributed by atoms with E-state index in [2.05, 4.69) is 26.6 Å². The second kappa shape index (κ2) is 9.88. The summed E-state index contributed by atoms with van der Waals surface area (Å²) < 4.78 is 0. The lowest BCUT2D eigenvalue weighted by Gasteiger charge is -2.39. The lowest BCUT2D eigenvalue weighted by Crippen LogP contribution is -2.50. The molecular weight excluding hydrogens is 360 g/mol. The molecule has 154 valence electrons. The summed E-state index contributed by atoms with van der Waals surface area (Å²) in [6, 6.07) is 15.1. The molecule has 0 atom stereocenters. The van der Waals surface area contributed by atoms with Gasteiger partial charge in [-0.05, 0) is 49.4 Å². The Morgan fingerprint density at radius 3 is 2.59 bits per heavy atom. The standard InChI is InChI=1S/C24H32N4O/c29-24(27-21-12-15-28(16-13-21)22-9-2-1-3-10-22)26-18-19-7-6-8-20(17-19)23-11-4-5-14-25-23/h4-8,11,14,17,21-22H,1-3,9-10,12-13,15-16,18H2,(H2,26,27,29). The molecule has 2 aliphatic rings. The van der Waals surface area contributed by atoms with Crippen LogP contribution in [0.15, 0.2) is 48.7 Å². The molecule has 1 saturated carbocycles. The van der Waals surface area contributed by atoms with Crippen molar-refractivity contribution >= 4 is 6.03 Å². The third-order valence-corrected chi connectivity index (χ3v) is 6.30. The molecule has 1 aliphatic heterocycles. The van der Waals surface area contributed by atoms with Crippen LogP contribution in [0.25, 0.3) is 11.3 Å². The molecule has 1 aromatic heterocycles. The predicted molar refractivity (Wildman–Crippen MR) is 117 cm³/mol. The van der Waals surface area contributed by atoms with E-state index in [1.807, 2.05) is 36.4 Å². The molecule has 0 bridgehead atoms. The van der Waals surface area contributed by atoms with Gasteiger partial charge in [-0.25, -0.2) is 4.79 Å². The summed E-state index contributed by atoms with van der Waals surface area (Å²) in [6.07, 6.45) is 10.8. The van der Waals surface area contributed by atoms with Gasteiger partial charge in [-0.3, -0.25) is 4.98 Å². The molecule has 5 nitrogen and oxygen atoms in total. The summed E-state index contributed by atoms with van der Waals surface area (Å²) >= 11 is 0. The maximum absolute atomic E-state index is 12.4. The van der Waals surface area contributed by atoms with E-state index < -0.39 is 0 Å². The van der Waals surface area contributed by atoms with E-state index >= 15 is 0 Å². The van der Waals surface area contributed by atoms with E-state index in [-0.39, 0.29) is 12.1 Å². The SMILES string of the molecule is O=C(NCc1cccc(-c2ccccn2)c1)NC1CCN(C2CCCCC2)CC1. The number of amides is 2. The highest BCUT2D eigenvalue weighted by atomic mass is 16.2. The molecule has 1 saturated heterocycles. The minimum atomic E-state index is -0.0654. The van der Waals surface area contributed by atoms with E-state index in [1.165, 1.54) is 32.1 Å². The second-order valence-corrected chi connectivity index (χ2v) is 8.34. The molecule has 1 aromatic carbocycles. The van der Waals surface area contributed by atoms with Crippen LogP contribution >= 0.6 is 0 Å². The Labute approximate surface area is 173 Å². The van der Waals surface area contributed by atoms with Gasteiger partial charge in [0.25, 0.3) is 0 Å². The number of piperidine rings is 1. The maximum Gasteiger partial charge on any atom is 0.315 e. The molecule has 1 aliphatic carbocycles. The van der Waals surface area contributed by atoms with E-state index in [4.69, 9.17) is 0 Å². The van der Waals surface area contributed by atoms with Crippen molar-refractivity contribution in [3.8, 4) is 11.3 Å². The van der Waals surface area contributed by atoms with E-state index in [0.717, 1.165) is 48.8 Å². The zero-order valence-electron chi connectivity index (χ0n) is 17.1. The number of likely N-dealkylation sites (tertiary alicyclic amines) is 1. The largest absolute Gasteiger partial charge is 0.335 e. The van der Waals surface area contributed by atoms with E-state index in [1.54, 1.807) is 6.20 Å². The normalized spacial score (nSPS) is 19.0. The highest BCUT2D eigenvalue weighted by molar-refractivity contribution is 5.74. The number of carbonyl (C=O) groups is 1. The molecule has 2 fully saturated rings. The molecule has 2 aromatic rings. The number of benzene rings is 1. The zero-order chi connectivity index (χ0) is 19.9. The van der Waals surface area contributed by atoms with Crippen LogP contribution in [0.4, 0.5) is 4.79 Å². The van der Waals surface area contributed by atoms with Crippen molar-refractivity contribution in [3.05, 3.63) is 54.2 Å². The summed E-state index contributed by atoms with van der Waals surface area (Å²) in [7, 11) is 0. The number of pyridine rings is 1. The minimum Gasteiger partial charge on any atom is -0.335 e. The second-order valence-electron chi connectivity index (χ2n) is 8.34. The molecule has 4 rings (SSSR count). The first-order valence-electron chi connectivity index (χ1n) is 11.1. The fraction of sp³-hybridized carbons (Fsp3) is 0.500. The van der Waals surface area contributed by atoms with Crippen molar-refractivity contribution in [1.29, 1.82) is 0 Å². The number of carbonyl (C=O) groups excluding carboxylic acids is 1. The van der Waals surface area contributed by atoms with Crippen LogP contribution in [-0.2, 0) is 6.54 Å². The fourth-order valence-electron chi connectivity index (χ4n) is 4.65. The van der Waals surface area contributed by atoms with Crippen molar-refractivity contribution in [1.82, 2.24) is 20.5 Å². The van der Waals surface area contributed by atoms with Crippen LogP contribution < -0.4 is 10.6 Å². The predicted octanol–water partition coefficient (Wildman–Crippen LogP) is 4.34. The van der Waals surface area contributed by atoms with Gasteiger partial charge in [-0.2, -0.15) is 0 Å². The maximum atomic E-state index is 12.4. The number of nitrogens with zero attached hydrogens (tertiary/aromatic N) is 2. The first kappa shape index (κ1) is 19.9. The van der Waals surface area contributed by atoms with Crippen molar-refractivity contribution in [2.75, 3.05) is 13.1 Å². The van der Waals surface area contributed by atoms with Crippen LogP contribution in [0.1, 0.15) is 50.5 Å². The molecule has 2 amide bonds. The number of hydrogen-bond donors (Lipinski definition) is 2. The Hall–Kier alpha value is -2.40. The summed E-state index contributed by atoms with van der Waals surface area (Å²) in [5.41, 5.74) is 3.10. The van der Waals surface area contributed by atoms with Gasteiger partial charge in [0.15, 0.2) is 0 Å². The van der Waals surface area contributed by atoms with Crippen LogP contribution in [0.3, 0.4) is 0 Å². The molecule has 2 N–H and O–H groups in total. The highest BCUT2D eigenvalue weighted by Crippen LogP contribution is 2.25. The van der Waals surface area contributed by atoms with Crippen LogP contribution in [0.5, 0.6) is 0 Å². The number of hydrogen-bond acceptors (Lipinski definition) is 3. The van der Waals surface area contributed by atoms with Crippen molar-refractivity contribution in [3.63, 3.8) is 0 Å². The van der Waals surface area contributed by atoms with Crippen molar-refractivity contribution in [2.24, 2.45) is 0 Å². The highest BCUT2D eigenvalue weighted by Gasteiger charge is 2.26. The van der Waals surface area contributed by atoms with Crippen LogP contribution in [0.2, 0.25) is 0 Å². The Bertz CT molecular complexity index is 780. The quantitative estimate of drug-likeness (QED) is 0.796. The smallest absolute Gasteiger partial charge is 0.315 e. The van der Waals surface area contributed by atoms with Gasteiger partial charge < -0.3 is 15.5 Å². The van der Waals surface area contributed by atoms with Gasteiger partial charge >= 0.3 is 6.03 Å². The average molecular weight is 393 g/mol. The van der Waals surface area contributed by atoms with Gasteiger partial charge in [-0.1, -0.05) is 43.5 Å². The van der Waals surface area contributed by atoms with Gasteiger partial charge in [0.1, 0.15) is 0 Å². The third kappa shape index (κ3) is 5.57. The first-order valence-corrected chi connectivity index (χ1v) is 11.1. The molecule has 5 heteroatoms. The molecule has 29 heavy (non-hydrogen) atoms. The number of rotatable bonds is 5. The van der Waals surface area contributed by atoms with Gasteiger partial charge in [0.05, 0.1) is 5.69 Å². The number of nitrogens with one attached hydrogen (secondary N) is 2. The molecular formula is C24H32N4O. The van der Waals surface area contributed by atoms with E-state index in [9.17, 15) is 4.79 Å². The molecule has 0 unspecified atom stereocenters. The number of aromatic nitrogens is 1. The zero-order valence-corrected chi connectivity index (χ0v) is 17.1. The Morgan fingerprint density at radius 1 is 1.00 bits per heavy atom. The monoisotopic (exact) mass is 392 g/mol. The topological polar surface area (TPSA) is 57.3 Å². The lowest BCUT2D eigenvalue weighted by molar-refractivity contribution is 0.117. The summed E-state index contributed by atoms with van der Waals surface area (Å²) in [5.74, 6) is 0. The van der Waals surface area contributed by atoms with Gasteiger partial charge in [0.2, 0.25) is 0 Å². The summed E-state index contributed by atoms with van der Waals surface area (Å²) in [4.78, 5) is 19.4. The Kier molecular flexibility index (Phi) is 6.78. The molecule has 0 spiro atoms. The Morgan fingerprint density at radius 2 is 1.83 bits per heavy atom. The number of urea groups is 1. The molecule has 2 heterocycles. The third-order valence-electron chi connectivity index (χ3n) is 6.30. The summed E-state index contributed by atoms with van der Waals surface area (Å²) in [6.45, 7) is 2.75. The fourth-order valence-corrected chi connectivity index (χ4v) is 4.65. The van der Waals surface area contributed by atoms with Crippen LogP contribution in [-0.4, -0.2) is 41.1 Å².